The highest BCUT2D eigenvalue weighted by Gasteiger charge is 2.33. The maximum atomic E-state index is 13.8. The van der Waals surface area contributed by atoms with Crippen molar-refractivity contribution in [1.82, 2.24) is 28.7 Å². The quantitative estimate of drug-likeness (QED) is 0.254. The fraction of sp³-hybridized carbons (Fsp3) is 0.267. The molecule has 46 heavy (non-hydrogen) atoms. The van der Waals surface area contributed by atoms with Gasteiger partial charge in [0, 0.05) is 53.9 Å². The summed E-state index contributed by atoms with van der Waals surface area (Å²) in [5.74, 6) is -0.319. The number of benzene rings is 1. The van der Waals surface area contributed by atoms with Gasteiger partial charge in [-0.3, -0.25) is 14.3 Å². The number of aryl methyl sites for hydroxylation is 1. The number of carboxylic acid groups (broad SMARTS) is 1. The van der Waals surface area contributed by atoms with Crippen LogP contribution in [0.25, 0.3) is 32.2 Å². The van der Waals surface area contributed by atoms with Crippen LogP contribution in [-0.2, 0) is 16.6 Å². The van der Waals surface area contributed by atoms with Crippen molar-refractivity contribution in [3.05, 3.63) is 74.4 Å². The normalized spacial score (nSPS) is 14.5. The predicted octanol–water partition coefficient (Wildman–Crippen LogP) is 3.62. The molecule has 1 aromatic carbocycles. The van der Waals surface area contributed by atoms with Crippen molar-refractivity contribution in [3.63, 3.8) is 0 Å². The van der Waals surface area contributed by atoms with Crippen LogP contribution in [0.3, 0.4) is 0 Å². The van der Waals surface area contributed by atoms with E-state index in [0.717, 1.165) is 0 Å². The lowest BCUT2D eigenvalue weighted by Crippen LogP contribution is -2.47. The molecule has 1 N–H and O–H groups in total. The smallest absolute Gasteiger partial charge is 0.338 e. The van der Waals surface area contributed by atoms with Gasteiger partial charge in [-0.25, -0.2) is 23.2 Å². The zero-order chi connectivity index (χ0) is 32.7. The third-order valence-corrected chi connectivity index (χ3v) is 10.9. The van der Waals surface area contributed by atoms with Gasteiger partial charge in [-0.1, -0.05) is 11.6 Å². The number of nitrogens with zero attached hydrogens (tertiary/aromatic N) is 7. The van der Waals surface area contributed by atoms with E-state index in [2.05, 4.69) is 15.0 Å². The number of sulfonamides is 1. The van der Waals surface area contributed by atoms with E-state index in [0.29, 0.717) is 51.0 Å². The molecule has 0 atom stereocenters. The van der Waals surface area contributed by atoms with Crippen molar-refractivity contribution >= 4 is 60.0 Å². The first kappa shape index (κ1) is 31.5. The molecule has 0 unspecified atom stereocenters. The first-order valence-electron chi connectivity index (χ1n) is 14.0. The van der Waals surface area contributed by atoms with Crippen molar-refractivity contribution in [3.8, 4) is 22.9 Å². The minimum Gasteiger partial charge on any atom is -0.491 e. The number of thiophene rings is 1. The molecule has 1 fully saturated rings. The highest BCUT2D eigenvalue weighted by Crippen LogP contribution is 2.39. The molecule has 0 saturated carbocycles. The van der Waals surface area contributed by atoms with Crippen molar-refractivity contribution in [2.24, 2.45) is 0 Å². The minimum absolute atomic E-state index is 0.00102. The summed E-state index contributed by atoms with van der Waals surface area (Å²) >= 11 is 7.58. The number of piperazine rings is 1. The van der Waals surface area contributed by atoms with Gasteiger partial charge in [0.25, 0.3) is 15.6 Å². The van der Waals surface area contributed by atoms with Crippen molar-refractivity contribution < 1.29 is 23.1 Å². The van der Waals surface area contributed by atoms with Crippen LogP contribution in [-0.4, -0.2) is 88.1 Å². The standard InChI is InChI=1S/C30H26ClN7O6S2/c1-17-35-23-15-34-28(46(42,43)37-9-7-36(2)8-10-37)21(14-32)25(23)29(39)38(17)11-12-44-24-4-3-18(31)13-20(24)19-5-6-33-26-22(30(40)41)16-45-27(19)26/h3-6,13,15-16H,7-12H2,1-2H3,(H,40,41). The number of rotatable bonds is 8. The van der Waals surface area contributed by atoms with Gasteiger partial charge in [0.1, 0.15) is 29.8 Å². The van der Waals surface area contributed by atoms with Crippen LogP contribution in [0.5, 0.6) is 5.75 Å². The summed E-state index contributed by atoms with van der Waals surface area (Å²) in [6, 6.07) is 8.68. The summed E-state index contributed by atoms with van der Waals surface area (Å²) in [6.45, 7) is 3.18. The van der Waals surface area contributed by atoms with Gasteiger partial charge < -0.3 is 14.7 Å². The van der Waals surface area contributed by atoms with Crippen LogP contribution in [0.4, 0.5) is 0 Å². The molecule has 16 heteroatoms. The number of hydrogen-bond acceptors (Lipinski definition) is 11. The topological polar surface area (TPSA) is 172 Å². The van der Waals surface area contributed by atoms with Crippen LogP contribution in [0.15, 0.2) is 51.9 Å². The molecule has 5 heterocycles. The lowest BCUT2D eigenvalue weighted by Gasteiger charge is -2.31. The molecular weight excluding hydrogens is 654 g/mol. The highest BCUT2D eigenvalue weighted by atomic mass is 35.5. The van der Waals surface area contributed by atoms with Gasteiger partial charge in [-0.05, 0) is 38.2 Å². The van der Waals surface area contributed by atoms with Crippen LogP contribution in [0.1, 0.15) is 21.7 Å². The average molecular weight is 680 g/mol. The fourth-order valence-corrected chi connectivity index (χ4v) is 8.08. The molecule has 4 aromatic heterocycles. The number of hydrogen-bond donors (Lipinski definition) is 1. The van der Waals surface area contributed by atoms with Gasteiger partial charge in [0.05, 0.1) is 39.4 Å². The Kier molecular flexibility index (Phi) is 8.49. The molecule has 1 aliphatic heterocycles. The highest BCUT2D eigenvalue weighted by molar-refractivity contribution is 7.89. The van der Waals surface area contributed by atoms with Crippen molar-refractivity contribution in [2.45, 2.75) is 18.5 Å². The van der Waals surface area contributed by atoms with E-state index in [1.807, 2.05) is 18.0 Å². The monoisotopic (exact) mass is 679 g/mol. The average Bonchev–Trinajstić information content (AvgIpc) is 3.48. The Hall–Kier alpha value is -4.46. The Bertz CT molecular complexity index is 2240. The summed E-state index contributed by atoms with van der Waals surface area (Å²) in [6.07, 6.45) is 2.73. The van der Waals surface area contributed by atoms with E-state index in [1.165, 1.54) is 38.0 Å². The number of pyridine rings is 2. The molecule has 236 valence electrons. The first-order chi connectivity index (χ1) is 22.0. The van der Waals surface area contributed by atoms with Gasteiger partial charge in [0.15, 0.2) is 5.03 Å². The first-order valence-corrected chi connectivity index (χ1v) is 16.7. The number of halogens is 1. The third kappa shape index (κ3) is 5.59. The summed E-state index contributed by atoms with van der Waals surface area (Å²) < 4.78 is 36.4. The molecule has 13 nitrogen and oxygen atoms in total. The Morgan fingerprint density at radius 1 is 1.17 bits per heavy atom. The number of carboxylic acids is 1. The molecule has 1 saturated heterocycles. The maximum absolute atomic E-state index is 13.8. The summed E-state index contributed by atoms with van der Waals surface area (Å²) in [5.41, 5.74) is 0.913. The zero-order valence-corrected chi connectivity index (χ0v) is 27.0. The maximum Gasteiger partial charge on any atom is 0.338 e. The van der Waals surface area contributed by atoms with Crippen LogP contribution in [0, 0.1) is 18.3 Å². The fourth-order valence-electron chi connectivity index (χ4n) is 5.40. The summed E-state index contributed by atoms with van der Waals surface area (Å²) in [5, 5.41) is 21.0. The van der Waals surface area contributed by atoms with E-state index in [4.69, 9.17) is 16.3 Å². The minimum atomic E-state index is -4.14. The molecule has 0 bridgehead atoms. The van der Waals surface area contributed by atoms with Gasteiger partial charge in [-0.15, -0.1) is 11.3 Å². The number of nitriles is 1. The second kappa shape index (κ2) is 12.4. The Balaban J connectivity index is 1.33. The number of aromatic carboxylic acids is 1. The van der Waals surface area contributed by atoms with Gasteiger partial charge >= 0.3 is 5.97 Å². The number of ether oxygens (including phenoxy) is 1. The van der Waals surface area contributed by atoms with Gasteiger partial charge in [0.2, 0.25) is 0 Å². The molecule has 6 rings (SSSR count). The van der Waals surface area contributed by atoms with Gasteiger partial charge in [-0.2, -0.15) is 9.57 Å². The van der Waals surface area contributed by atoms with Crippen LogP contribution in [0.2, 0.25) is 5.02 Å². The number of fused-ring (bicyclic) bond motifs is 2. The summed E-state index contributed by atoms with van der Waals surface area (Å²) in [7, 11) is -2.25. The second-order valence-electron chi connectivity index (χ2n) is 10.6. The van der Waals surface area contributed by atoms with E-state index in [-0.39, 0.29) is 48.3 Å². The molecular formula is C30H26ClN7O6S2. The Morgan fingerprint density at radius 2 is 1.93 bits per heavy atom. The molecule has 1 aliphatic rings. The van der Waals surface area contributed by atoms with Crippen LogP contribution < -0.4 is 10.3 Å². The predicted molar refractivity (Wildman–Crippen MR) is 172 cm³/mol. The van der Waals surface area contributed by atoms with E-state index < -0.39 is 26.6 Å². The lowest BCUT2D eigenvalue weighted by atomic mass is 10.0. The molecule has 0 radical (unpaired) electrons. The third-order valence-electron chi connectivity index (χ3n) is 7.80. The SMILES string of the molecule is Cc1nc2cnc(S(=O)(=O)N3CCN(C)CC3)c(C#N)c2c(=O)n1CCOc1ccc(Cl)cc1-c1ccnc2c(C(=O)O)csc12. The molecule has 0 aliphatic carbocycles. The van der Waals surface area contributed by atoms with E-state index in [9.17, 15) is 28.4 Å². The van der Waals surface area contributed by atoms with E-state index in [1.54, 1.807) is 31.2 Å². The number of carbonyl (C=O) groups is 1. The second-order valence-corrected chi connectivity index (χ2v) is 13.8. The lowest BCUT2D eigenvalue weighted by molar-refractivity contribution is 0.0699. The molecule has 0 amide bonds. The van der Waals surface area contributed by atoms with E-state index >= 15 is 0 Å². The van der Waals surface area contributed by atoms with Crippen molar-refractivity contribution in [2.75, 3.05) is 39.8 Å². The number of likely N-dealkylation sites (N-methyl/N-ethyl adjacent to an activating group) is 1. The Labute approximate surface area is 271 Å². The number of aromatic nitrogens is 4. The summed E-state index contributed by atoms with van der Waals surface area (Å²) in [4.78, 5) is 40.3. The van der Waals surface area contributed by atoms with Crippen LogP contribution >= 0.6 is 22.9 Å². The largest absolute Gasteiger partial charge is 0.491 e. The molecule has 5 aromatic rings. The Morgan fingerprint density at radius 3 is 2.65 bits per heavy atom. The van der Waals surface area contributed by atoms with Crippen molar-refractivity contribution in [1.29, 1.82) is 5.26 Å². The zero-order valence-electron chi connectivity index (χ0n) is 24.6. The molecule has 0 spiro atoms.